The van der Waals surface area contributed by atoms with Gasteiger partial charge in [-0.2, -0.15) is 5.26 Å². The monoisotopic (exact) mass is 258 g/mol. The lowest BCUT2D eigenvalue weighted by atomic mass is 10.1. The lowest BCUT2D eigenvalue weighted by Crippen LogP contribution is -2.10. The Hall–Kier alpha value is -2.19. The molecule has 0 radical (unpaired) electrons. The Morgan fingerprint density at radius 2 is 2.26 bits per heavy atom. The number of halogens is 1. The van der Waals surface area contributed by atoms with Gasteiger partial charge >= 0.3 is 0 Å². The van der Waals surface area contributed by atoms with Gasteiger partial charge in [-0.3, -0.25) is 0 Å². The topological polar surface area (TPSA) is 53.6 Å². The molecule has 0 saturated heterocycles. The van der Waals surface area contributed by atoms with Crippen molar-refractivity contribution in [2.75, 3.05) is 13.6 Å². The van der Waals surface area contributed by atoms with Crippen LogP contribution in [0.1, 0.15) is 16.8 Å². The van der Waals surface area contributed by atoms with Crippen molar-refractivity contribution in [2.45, 2.75) is 13.0 Å². The van der Waals surface area contributed by atoms with E-state index in [-0.39, 0.29) is 5.82 Å². The first kappa shape index (κ1) is 13.2. The van der Waals surface area contributed by atoms with E-state index < -0.39 is 0 Å². The molecule has 19 heavy (non-hydrogen) atoms. The molecule has 0 saturated carbocycles. The molecular weight excluding hydrogens is 243 g/mol. The first-order valence-electron chi connectivity index (χ1n) is 6.06. The maximum absolute atomic E-state index is 13.3. The molecule has 0 aliphatic carbocycles. The van der Waals surface area contributed by atoms with Gasteiger partial charge in [0.05, 0.1) is 23.7 Å². The zero-order valence-corrected chi connectivity index (χ0v) is 10.7. The van der Waals surface area contributed by atoms with Crippen LogP contribution in [0.3, 0.4) is 0 Å². The fourth-order valence-corrected chi connectivity index (χ4v) is 1.89. The number of imidazole rings is 1. The Labute approximate surface area is 111 Å². The van der Waals surface area contributed by atoms with Crippen molar-refractivity contribution in [3.05, 3.63) is 53.4 Å². The standard InChI is InChI=1S/C14H15FN4/c1-17-3-2-14-9-19(10-18-14)8-12-4-11(7-16)5-13(15)6-12/h4-6,9-10,17H,2-3,8H2,1H3. The summed E-state index contributed by atoms with van der Waals surface area (Å²) in [7, 11) is 1.90. The summed E-state index contributed by atoms with van der Waals surface area (Å²) in [6, 6.07) is 6.32. The second-order valence-electron chi connectivity index (χ2n) is 4.35. The molecule has 1 aromatic heterocycles. The van der Waals surface area contributed by atoms with Crippen LogP contribution in [0.4, 0.5) is 4.39 Å². The van der Waals surface area contributed by atoms with Crippen LogP contribution in [0.5, 0.6) is 0 Å². The molecule has 0 fully saturated rings. The number of benzene rings is 1. The van der Waals surface area contributed by atoms with E-state index in [9.17, 15) is 4.39 Å². The first-order chi connectivity index (χ1) is 9.21. The van der Waals surface area contributed by atoms with Gasteiger partial charge in [0.15, 0.2) is 0 Å². The lowest BCUT2D eigenvalue weighted by molar-refractivity contribution is 0.623. The van der Waals surface area contributed by atoms with E-state index in [4.69, 9.17) is 5.26 Å². The van der Waals surface area contributed by atoms with Crippen LogP contribution in [-0.4, -0.2) is 23.1 Å². The van der Waals surface area contributed by atoms with E-state index in [1.165, 1.54) is 12.1 Å². The molecule has 0 aliphatic rings. The Kier molecular flexibility index (Phi) is 4.26. The van der Waals surface area contributed by atoms with Gasteiger partial charge in [-0.15, -0.1) is 0 Å². The van der Waals surface area contributed by atoms with Gasteiger partial charge in [0.25, 0.3) is 0 Å². The molecule has 2 rings (SSSR count). The molecule has 2 aromatic rings. The van der Waals surface area contributed by atoms with Crippen molar-refractivity contribution < 1.29 is 4.39 Å². The van der Waals surface area contributed by atoms with Gasteiger partial charge < -0.3 is 9.88 Å². The average molecular weight is 258 g/mol. The number of rotatable bonds is 5. The SMILES string of the molecule is CNCCc1cn(Cc2cc(F)cc(C#N)c2)cn1. The zero-order valence-electron chi connectivity index (χ0n) is 10.7. The molecule has 5 heteroatoms. The lowest BCUT2D eigenvalue weighted by Gasteiger charge is -2.03. The molecular formula is C14H15FN4. The predicted octanol–water partition coefficient (Wildman–Crippen LogP) is 1.70. The number of nitriles is 1. The van der Waals surface area contributed by atoms with Gasteiger partial charge in [0.1, 0.15) is 5.82 Å². The average Bonchev–Trinajstić information content (AvgIpc) is 2.83. The highest BCUT2D eigenvalue weighted by molar-refractivity contribution is 5.33. The minimum Gasteiger partial charge on any atom is -0.333 e. The van der Waals surface area contributed by atoms with Gasteiger partial charge in [-0.25, -0.2) is 9.37 Å². The van der Waals surface area contributed by atoms with Crippen molar-refractivity contribution >= 4 is 0 Å². The van der Waals surface area contributed by atoms with E-state index in [0.29, 0.717) is 12.1 Å². The summed E-state index contributed by atoms with van der Waals surface area (Å²) in [5.41, 5.74) is 2.09. The van der Waals surface area contributed by atoms with Gasteiger partial charge in [-0.05, 0) is 30.8 Å². The fourth-order valence-electron chi connectivity index (χ4n) is 1.89. The Balaban J connectivity index is 2.10. The Bertz CT molecular complexity index is 598. The summed E-state index contributed by atoms with van der Waals surface area (Å²) in [4.78, 5) is 4.28. The molecule has 1 heterocycles. The van der Waals surface area contributed by atoms with Crippen LogP contribution in [0.2, 0.25) is 0 Å². The summed E-state index contributed by atoms with van der Waals surface area (Å²) < 4.78 is 15.2. The van der Waals surface area contributed by atoms with Crippen molar-refractivity contribution in [2.24, 2.45) is 0 Å². The molecule has 0 amide bonds. The minimum absolute atomic E-state index is 0.338. The molecule has 1 aromatic carbocycles. The summed E-state index contributed by atoms with van der Waals surface area (Å²) >= 11 is 0. The molecule has 1 N–H and O–H groups in total. The number of hydrogen-bond acceptors (Lipinski definition) is 3. The maximum atomic E-state index is 13.3. The van der Waals surface area contributed by atoms with Crippen LogP contribution in [0.15, 0.2) is 30.7 Å². The van der Waals surface area contributed by atoms with Crippen LogP contribution >= 0.6 is 0 Å². The van der Waals surface area contributed by atoms with Crippen molar-refractivity contribution in [1.82, 2.24) is 14.9 Å². The molecule has 0 unspecified atom stereocenters. The van der Waals surface area contributed by atoms with Crippen molar-refractivity contribution in [1.29, 1.82) is 5.26 Å². The Morgan fingerprint density at radius 1 is 1.42 bits per heavy atom. The van der Waals surface area contributed by atoms with Gasteiger partial charge in [0, 0.05) is 25.7 Å². The highest BCUT2D eigenvalue weighted by Gasteiger charge is 2.03. The van der Waals surface area contributed by atoms with Crippen molar-refractivity contribution in [3.63, 3.8) is 0 Å². The van der Waals surface area contributed by atoms with E-state index >= 15 is 0 Å². The molecule has 0 bridgehead atoms. The number of hydrogen-bond donors (Lipinski definition) is 1. The fraction of sp³-hybridized carbons (Fsp3) is 0.286. The number of aromatic nitrogens is 2. The number of nitrogens with one attached hydrogen (secondary N) is 1. The molecule has 4 nitrogen and oxygen atoms in total. The number of likely N-dealkylation sites (N-methyl/N-ethyl adjacent to an activating group) is 1. The van der Waals surface area contributed by atoms with Gasteiger partial charge in [-0.1, -0.05) is 0 Å². The Morgan fingerprint density at radius 3 is 3.00 bits per heavy atom. The predicted molar refractivity (Wildman–Crippen MR) is 70.1 cm³/mol. The summed E-state index contributed by atoms with van der Waals surface area (Å²) in [5.74, 6) is -0.385. The summed E-state index contributed by atoms with van der Waals surface area (Å²) in [5, 5.41) is 11.9. The van der Waals surface area contributed by atoms with E-state index in [2.05, 4.69) is 10.3 Å². The maximum Gasteiger partial charge on any atom is 0.124 e. The summed E-state index contributed by atoms with van der Waals surface area (Å²) in [6.07, 6.45) is 4.52. The minimum atomic E-state index is -0.385. The third-order valence-corrected chi connectivity index (χ3v) is 2.77. The highest BCUT2D eigenvalue weighted by atomic mass is 19.1. The smallest absolute Gasteiger partial charge is 0.124 e. The molecule has 0 spiro atoms. The second-order valence-corrected chi connectivity index (χ2v) is 4.35. The third kappa shape index (κ3) is 3.63. The zero-order chi connectivity index (χ0) is 13.7. The molecule has 0 aliphatic heterocycles. The van der Waals surface area contributed by atoms with Gasteiger partial charge in [0.2, 0.25) is 0 Å². The van der Waals surface area contributed by atoms with Crippen LogP contribution < -0.4 is 5.32 Å². The van der Waals surface area contributed by atoms with Crippen molar-refractivity contribution in [3.8, 4) is 6.07 Å². The normalized spacial score (nSPS) is 10.4. The molecule has 0 atom stereocenters. The van der Waals surface area contributed by atoms with Crippen LogP contribution in [0, 0.1) is 17.1 Å². The van der Waals surface area contributed by atoms with E-state index in [1.54, 1.807) is 12.4 Å². The third-order valence-electron chi connectivity index (χ3n) is 2.77. The quantitative estimate of drug-likeness (QED) is 0.888. The van der Waals surface area contributed by atoms with Crippen LogP contribution in [0.25, 0.3) is 0 Å². The van der Waals surface area contributed by atoms with E-state index in [0.717, 1.165) is 24.2 Å². The van der Waals surface area contributed by atoms with Crippen LogP contribution in [-0.2, 0) is 13.0 Å². The summed E-state index contributed by atoms with van der Waals surface area (Å²) in [6.45, 7) is 1.38. The molecule has 98 valence electrons. The largest absolute Gasteiger partial charge is 0.333 e. The number of nitrogens with zero attached hydrogens (tertiary/aromatic N) is 3. The second kappa shape index (κ2) is 6.12. The van der Waals surface area contributed by atoms with E-state index in [1.807, 2.05) is 23.9 Å². The first-order valence-corrected chi connectivity index (χ1v) is 6.06. The highest BCUT2D eigenvalue weighted by Crippen LogP contribution is 2.10.